The number of ether oxygens (including phenoxy) is 1. The molecule has 4 nitrogen and oxygen atoms in total. The maximum absolute atomic E-state index is 11.9. The molecule has 0 amide bonds. The first-order valence-corrected chi connectivity index (χ1v) is 7.62. The summed E-state index contributed by atoms with van der Waals surface area (Å²) in [7, 11) is 1.32. The Morgan fingerprint density at radius 3 is 2.46 bits per heavy atom. The first-order chi connectivity index (χ1) is 11.5. The Kier molecular flexibility index (Phi) is 5.90. The summed E-state index contributed by atoms with van der Waals surface area (Å²) < 4.78 is 4.77. The smallest absolute Gasteiger partial charge is 0.337 e. The Balaban J connectivity index is 2.29. The molecular weight excluding hydrogens is 302 g/mol. The van der Waals surface area contributed by atoms with Crippen LogP contribution in [0.1, 0.15) is 29.7 Å². The predicted octanol–water partition coefficient (Wildman–Crippen LogP) is 4.21. The first kappa shape index (κ1) is 17.5. The monoisotopic (exact) mass is 323 g/mol. The van der Waals surface area contributed by atoms with Crippen molar-refractivity contribution < 1.29 is 14.4 Å². The fourth-order valence-corrected chi connectivity index (χ4v) is 2.26. The van der Waals surface area contributed by atoms with Gasteiger partial charge in [-0.15, -0.1) is 0 Å². The number of esters is 1. The lowest BCUT2D eigenvalue weighted by molar-refractivity contribution is -0.137. The summed E-state index contributed by atoms with van der Waals surface area (Å²) >= 11 is 0. The standard InChI is InChI=1S/C20H21NO3/c1-14-9-8-12-18(13-14)19(15(2)20(22)23-4)24-21-16(3)17-10-6-5-7-11-17/h5-13,19H,2H2,1,3-4H3. The largest absolute Gasteiger partial charge is 0.466 e. The van der Waals surface area contributed by atoms with Gasteiger partial charge in [0, 0.05) is 5.56 Å². The summed E-state index contributed by atoms with van der Waals surface area (Å²) in [6, 6.07) is 17.4. The summed E-state index contributed by atoms with van der Waals surface area (Å²) in [5.74, 6) is -0.519. The third-order valence-corrected chi connectivity index (χ3v) is 3.60. The molecule has 2 aromatic rings. The van der Waals surface area contributed by atoms with Gasteiger partial charge in [-0.25, -0.2) is 4.79 Å². The maximum atomic E-state index is 11.9. The van der Waals surface area contributed by atoms with Gasteiger partial charge in [0.05, 0.1) is 18.4 Å². The molecule has 2 rings (SSSR count). The molecule has 0 aliphatic carbocycles. The molecule has 0 N–H and O–H groups in total. The topological polar surface area (TPSA) is 47.9 Å². The van der Waals surface area contributed by atoms with Gasteiger partial charge in [-0.3, -0.25) is 0 Å². The summed E-state index contributed by atoms with van der Waals surface area (Å²) in [5, 5.41) is 4.19. The Morgan fingerprint density at radius 1 is 1.12 bits per heavy atom. The van der Waals surface area contributed by atoms with Gasteiger partial charge in [0.2, 0.25) is 0 Å². The van der Waals surface area contributed by atoms with Crippen LogP contribution in [-0.2, 0) is 14.4 Å². The third kappa shape index (κ3) is 4.32. The maximum Gasteiger partial charge on any atom is 0.337 e. The van der Waals surface area contributed by atoms with E-state index in [-0.39, 0.29) is 5.57 Å². The minimum Gasteiger partial charge on any atom is -0.466 e. The van der Waals surface area contributed by atoms with Crippen molar-refractivity contribution in [2.24, 2.45) is 5.16 Å². The highest BCUT2D eigenvalue weighted by molar-refractivity contribution is 5.98. The average Bonchev–Trinajstić information content (AvgIpc) is 2.61. The van der Waals surface area contributed by atoms with E-state index in [4.69, 9.17) is 9.57 Å². The van der Waals surface area contributed by atoms with Gasteiger partial charge in [-0.2, -0.15) is 0 Å². The molecular formula is C20H21NO3. The number of hydrogen-bond acceptors (Lipinski definition) is 4. The number of oxime groups is 1. The van der Waals surface area contributed by atoms with Gasteiger partial charge in [0.1, 0.15) is 0 Å². The number of aryl methyl sites for hydroxylation is 1. The summed E-state index contributed by atoms with van der Waals surface area (Å²) in [4.78, 5) is 17.5. The van der Waals surface area contributed by atoms with Crippen molar-refractivity contribution in [2.75, 3.05) is 7.11 Å². The van der Waals surface area contributed by atoms with Gasteiger partial charge in [-0.05, 0) is 19.4 Å². The summed E-state index contributed by atoms with van der Waals surface area (Å²) in [6.45, 7) is 7.64. The molecule has 0 aromatic heterocycles. The van der Waals surface area contributed by atoms with Gasteiger partial charge >= 0.3 is 5.97 Å². The van der Waals surface area contributed by atoms with Crippen LogP contribution in [0.15, 0.2) is 71.9 Å². The molecule has 4 heteroatoms. The Bertz CT molecular complexity index is 750. The lowest BCUT2D eigenvalue weighted by Crippen LogP contribution is -2.14. The molecule has 0 radical (unpaired) electrons. The van der Waals surface area contributed by atoms with Crippen LogP contribution in [0.25, 0.3) is 0 Å². The summed E-state index contributed by atoms with van der Waals surface area (Å²) in [5.41, 5.74) is 3.72. The predicted molar refractivity (Wildman–Crippen MR) is 94.8 cm³/mol. The molecule has 124 valence electrons. The zero-order chi connectivity index (χ0) is 17.5. The molecule has 2 aromatic carbocycles. The van der Waals surface area contributed by atoms with E-state index in [1.54, 1.807) is 0 Å². The molecule has 1 unspecified atom stereocenters. The number of rotatable bonds is 6. The highest BCUT2D eigenvalue weighted by Crippen LogP contribution is 2.27. The highest BCUT2D eigenvalue weighted by Gasteiger charge is 2.24. The van der Waals surface area contributed by atoms with Crippen molar-refractivity contribution in [3.05, 3.63) is 83.4 Å². The molecule has 0 heterocycles. The molecule has 0 aliphatic heterocycles. The van der Waals surface area contributed by atoms with Gasteiger partial charge < -0.3 is 9.57 Å². The van der Waals surface area contributed by atoms with Crippen molar-refractivity contribution in [3.63, 3.8) is 0 Å². The zero-order valence-electron chi connectivity index (χ0n) is 14.2. The van der Waals surface area contributed by atoms with E-state index in [1.165, 1.54) is 7.11 Å². The lowest BCUT2D eigenvalue weighted by Gasteiger charge is -2.17. The quantitative estimate of drug-likeness (QED) is 0.346. The number of hydrogen-bond donors (Lipinski definition) is 0. The normalized spacial score (nSPS) is 12.4. The van der Waals surface area contributed by atoms with E-state index in [9.17, 15) is 4.79 Å². The number of benzene rings is 2. The van der Waals surface area contributed by atoms with Crippen LogP contribution >= 0.6 is 0 Å². The van der Waals surface area contributed by atoms with E-state index in [1.807, 2.05) is 68.4 Å². The molecule has 0 spiro atoms. The van der Waals surface area contributed by atoms with Crippen LogP contribution in [0.2, 0.25) is 0 Å². The van der Waals surface area contributed by atoms with Crippen molar-refractivity contribution in [1.29, 1.82) is 0 Å². The van der Waals surface area contributed by atoms with Crippen LogP contribution < -0.4 is 0 Å². The van der Waals surface area contributed by atoms with Gasteiger partial charge in [-0.1, -0.05) is 71.9 Å². The minimum absolute atomic E-state index is 0.202. The number of carbonyl (C=O) groups is 1. The molecule has 0 fully saturated rings. The lowest BCUT2D eigenvalue weighted by atomic mass is 10.0. The Labute approximate surface area is 142 Å². The zero-order valence-corrected chi connectivity index (χ0v) is 14.2. The summed E-state index contributed by atoms with van der Waals surface area (Å²) in [6.07, 6.45) is -0.698. The van der Waals surface area contributed by atoms with E-state index in [2.05, 4.69) is 11.7 Å². The SMILES string of the molecule is C=C(C(=O)OC)C(ON=C(C)c1ccccc1)c1cccc(C)c1. The molecule has 0 bridgehead atoms. The van der Waals surface area contributed by atoms with E-state index in [0.717, 1.165) is 16.7 Å². The van der Waals surface area contributed by atoms with Crippen LogP contribution in [0.3, 0.4) is 0 Å². The molecule has 24 heavy (non-hydrogen) atoms. The van der Waals surface area contributed by atoms with Crippen molar-refractivity contribution >= 4 is 11.7 Å². The molecule has 0 saturated heterocycles. The fraction of sp³-hybridized carbons (Fsp3) is 0.200. The third-order valence-electron chi connectivity index (χ3n) is 3.60. The van der Waals surface area contributed by atoms with E-state index in [0.29, 0.717) is 5.71 Å². The second-order valence-electron chi connectivity index (χ2n) is 5.46. The second-order valence-corrected chi connectivity index (χ2v) is 5.46. The minimum atomic E-state index is -0.698. The highest BCUT2D eigenvalue weighted by atomic mass is 16.6. The molecule has 0 aliphatic rings. The Morgan fingerprint density at radius 2 is 1.83 bits per heavy atom. The molecule has 1 atom stereocenters. The first-order valence-electron chi connectivity index (χ1n) is 7.62. The van der Waals surface area contributed by atoms with Gasteiger partial charge in [0.15, 0.2) is 6.10 Å². The molecule has 0 saturated carbocycles. The van der Waals surface area contributed by atoms with Crippen LogP contribution in [0.5, 0.6) is 0 Å². The number of nitrogens with zero attached hydrogens (tertiary/aromatic N) is 1. The number of methoxy groups -OCH3 is 1. The van der Waals surface area contributed by atoms with Crippen molar-refractivity contribution in [2.45, 2.75) is 20.0 Å². The van der Waals surface area contributed by atoms with Crippen LogP contribution in [-0.4, -0.2) is 18.8 Å². The van der Waals surface area contributed by atoms with E-state index >= 15 is 0 Å². The second kappa shape index (κ2) is 8.11. The van der Waals surface area contributed by atoms with E-state index < -0.39 is 12.1 Å². The number of carbonyl (C=O) groups excluding carboxylic acids is 1. The van der Waals surface area contributed by atoms with Crippen LogP contribution in [0.4, 0.5) is 0 Å². The van der Waals surface area contributed by atoms with Gasteiger partial charge in [0.25, 0.3) is 0 Å². The van der Waals surface area contributed by atoms with Crippen LogP contribution in [0, 0.1) is 6.92 Å². The van der Waals surface area contributed by atoms with Crippen molar-refractivity contribution in [3.8, 4) is 0 Å². The van der Waals surface area contributed by atoms with Crippen molar-refractivity contribution in [1.82, 2.24) is 0 Å². The average molecular weight is 323 g/mol. The fourth-order valence-electron chi connectivity index (χ4n) is 2.26. The Hall–Kier alpha value is -2.88.